The second-order valence-electron chi connectivity index (χ2n) is 5.09. The van der Waals surface area contributed by atoms with Gasteiger partial charge in [0.05, 0.1) is 12.7 Å². The van der Waals surface area contributed by atoms with Crippen LogP contribution >= 0.6 is 23.5 Å². The molecule has 0 saturated heterocycles. The average molecular weight is 424 g/mol. The highest BCUT2D eigenvalue weighted by atomic mass is 32.2. The molecule has 3 aromatic rings. The van der Waals surface area contributed by atoms with Gasteiger partial charge in [0.1, 0.15) is 11.5 Å². The van der Waals surface area contributed by atoms with E-state index in [0.717, 1.165) is 0 Å². The number of nitrogens with zero attached hydrogens (tertiary/aromatic N) is 4. The highest BCUT2D eigenvalue weighted by molar-refractivity contribution is 7.98. The first-order valence-corrected chi connectivity index (χ1v) is 10.3. The molecule has 148 valence electrons. The van der Waals surface area contributed by atoms with E-state index in [1.165, 1.54) is 42.8 Å². The maximum absolute atomic E-state index is 11.9. The number of esters is 1. The fourth-order valence-corrected chi connectivity index (χ4v) is 2.63. The minimum Gasteiger partial charge on any atom is -0.484 e. The van der Waals surface area contributed by atoms with Crippen LogP contribution in [0.4, 0.5) is 0 Å². The first-order chi connectivity index (χ1) is 13.6. The third kappa shape index (κ3) is 5.16. The number of carbonyl (C=O) groups is 1. The molecule has 28 heavy (non-hydrogen) atoms. The van der Waals surface area contributed by atoms with Crippen LogP contribution in [0.1, 0.15) is 22.1 Å². The number of benzene rings is 1. The second kappa shape index (κ2) is 9.46. The number of hydrogen-bond donors (Lipinski definition) is 0. The van der Waals surface area contributed by atoms with Crippen LogP contribution in [0, 0.1) is 0 Å². The van der Waals surface area contributed by atoms with Crippen molar-refractivity contribution in [2.75, 3.05) is 19.6 Å². The average Bonchev–Trinajstić information content (AvgIpc) is 3.39. The van der Waals surface area contributed by atoms with E-state index >= 15 is 0 Å². The van der Waals surface area contributed by atoms with E-state index in [0.29, 0.717) is 33.7 Å². The van der Waals surface area contributed by atoms with Crippen molar-refractivity contribution in [2.45, 2.75) is 23.7 Å². The molecule has 2 aromatic heterocycles. The van der Waals surface area contributed by atoms with Crippen molar-refractivity contribution >= 4 is 29.5 Å². The molecule has 10 nitrogen and oxygen atoms in total. The molecule has 0 amide bonds. The van der Waals surface area contributed by atoms with Crippen LogP contribution in [0.3, 0.4) is 0 Å². The Morgan fingerprint density at radius 2 is 1.39 bits per heavy atom. The molecule has 0 unspecified atom stereocenters. The van der Waals surface area contributed by atoms with Crippen molar-refractivity contribution in [3.8, 4) is 11.5 Å². The molecule has 0 bridgehead atoms. The van der Waals surface area contributed by atoms with Crippen LogP contribution in [0.15, 0.2) is 37.5 Å². The lowest BCUT2D eigenvalue weighted by molar-refractivity contribution is 0.0599. The Morgan fingerprint density at radius 3 is 1.79 bits per heavy atom. The van der Waals surface area contributed by atoms with Crippen molar-refractivity contribution in [1.29, 1.82) is 0 Å². The fourth-order valence-electron chi connectivity index (χ4n) is 2.02. The molecule has 0 saturated carbocycles. The lowest BCUT2D eigenvalue weighted by Gasteiger charge is -2.10. The normalized spacial score (nSPS) is 10.7. The molecule has 0 atom stereocenters. The van der Waals surface area contributed by atoms with Crippen molar-refractivity contribution in [2.24, 2.45) is 0 Å². The Morgan fingerprint density at radius 1 is 0.893 bits per heavy atom. The highest BCUT2D eigenvalue weighted by Gasteiger charge is 2.13. The standard InChI is InChI=1S/C16H16N4O6S2/c1-22-14(21)9-4-10(23-7-12-17-19-15(25-12)27-2)6-11(5-9)24-8-13-18-20-16(26-13)28-3/h4-6H,7-8H2,1-3H3. The van der Waals surface area contributed by atoms with Crippen molar-refractivity contribution in [1.82, 2.24) is 20.4 Å². The van der Waals surface area contributed by atoms with Crippen molar-refractivity contribution in [3.63, 3.8) is 0 Å². The Balaban J connectivity index is 1.72. The van der Waals surface area contributed by atoms with Gasteiger partial charge in [-0.2, -0.15) is 0 Å². The quantitative estimate of drug-likeness (QED) is 0.370. The number of hydrogen-bond acceptors (Lipinski definition) is 12. The highest BCUT2D eigenvalue weighted by Crippen LogP contribution is 2.25. The molecule has 0 radical (unpaired) electrons. The van der Waals surface area contributed by atoms with Crippen molar-refractivity contribution < 1.29 is 27.8 Å². The van der Waals surface area contributed by atoms with Crippen LogP contribution in [0.25, 0.3) is 0 Å². The molecular formula is C16H16N4O6S2. The van der Waals surface area contributed by atoms with Gasteiger partial charge in [-0.3, -0.25) is 0 Å². The van der Waals surface area contributed by atoms with Gasteiger partial charge in [0.15, 0.2) is 13.2 Å². The lowest BCUT2D eigenvalue weighted by atomic mass is 10.2. The number of carbonyl (C=O) groups excluding carboxylic acids is 1. The summed E-state index contributed by atoms with van der Waals surface area (Å²) in [6.45, 7) is 0.0801. The van der Waals surface area contributed by atoms with Gasteiger partial charge >= 0.3 is 5.97 Å². The summed E-state index contributed by atoms with van der Waals surface area (Å²) >= 11 is 2.66. The van der Waals surface area contributed by atoms with Crippen molar-refractivity contribution in [3.05, 3.63) is 35.5 Å². The largest absolute Gasteiger partial charge is 0.484 e. The molecule has 2 heterocycles. The topological polar surface area (TPSA) is 123 Å². The minimum atomic E-state index is -0.528. The van der Waals surface area contributed by atoms with Gasteiger partial charge in [-0.05, 0) is 24.6 Å². The van der Waals surface area contributed by atoms with Gasteiger partial charge in [0.2, 0.25) is 0 Å². The second-order valence-corrected chi connectivity index (χ2v) is 6.61. The number of ether oxygens (including phenoxy) is 3. The van der Waals surface area contributed by atoms with Gasteiger partial charge in [-0.15, -0.1) is 20.4 Å². The number of methoxy groups -OCH3 is 1. The van der Waals surface area contributed by atoms with E-state index in [1.54, 1.807) is 6.07 Å². The predicted molar refractivity (Wildman–Crippen MR) is 98.6 cm³/mol. The summed E-state index contributed by atoms with van der Waals surface area (Å²) in [5, 5.41) is 16.3. The molecule has 12 heteroatoms. The van der Waals surface area contributed by atoms with Crippen LogP contribution in [0.2, 0.25) is 0 Å². The first kappa shape index (κ1) is 20.0. The van der Waals surface area contributed by atoms with Gasteiger partial charge < -0.3 is 23.0 Å². The van der Waals surface area contributed by atoms with Crippen LogP contribution in [-0.4, -0.2) is 46.0 Å². The molecule has 3 rings (SSSR count). The number of thioether (sulfide) groups is 2. The number of aromatic nitrogens is 4. The molecule has 0 N–H and O–H groups in total. The summed E-state index contributed by atoms with van der Waals surface area (Å²) in [7, 11) is 1.29. The molecule has 0 aliphatic heterocycles. The SMILES string of the molecule is COC(=O)c1cc(OCc2nnc(SC)o2)cc(OCc2nnc(SC)o2)c1. The maximum Gasteiger partial charge on any atom is 0.338 e. The van der Waals surface area contributed by atoms with Crippen LogP contribution in [0.5, 0.6) is 11.5 Å². The zero-order valence-corrected chi connectivity index (χ0v) is 16.8. The van der Waals surface area contributed by atoms with E-state index < -0.39 is 5.97 Å². The first-order valence-electron chi connectivity index (χ1n) is 7.83. The third-order valence-electron chi connectivity index (χ3n) is 3.27. The van der Waals surface area contributed by atoms with Crippen LogP contribution < -0.4 is 9.47 Å². The third-order valence-corrected chi connectivity index (χ3v) is 4.30. The molecule has 0 fully saturated rings. The van der Waals surface area contributed by atoms with E-state index in [1.807, 2.05) is 12.5 Å². The van der Waals surface area contributed by atoms with E-state index in [9.17, 15) is 4.79 Å². The monoisotopic (exact) mass is 424 g/mol. The summed E-state index contributed by atoms with van der Waals surface area (Å²) in [6.07, 6.45) is 3.65. The van der Waals surface area contributed by atoms with Gasteiger partial charge in [0.25, 0.3) is 22.2 Å². The fraction of sp³-hybridized carbons (Fsp3) is 0.312. The molecule has 0 spiro atoms. The van der Waals surface area contributed by atoms with Gasteiger partial charge in [-0.25, -0.2) is 4.79 Å². The van der Waals surface area contributed by atoms with E-state index in [-0.39, 0.29) is 18.8 Å². The Kier molecular flexibility index (Phi) is 6.76. The smallest absolute Gasteiger partial charge is 0.338 e. The Labute approximate surface area is 168 Å². The molecule has 0 aliphatic carbocycles. The molecular weight excluding hydrogens is 408 g/mol. The van der Waals surface area contributed by atoms with Gasteiger partial charge in [0, 0.05) is 6.07 Å². The maximum atomic E-state index is 11.9. The van der Waals surface area contributed by atoms with E-state index in [2.05, 4.69) is 20.4 Å². The molecule has 0 aliphatic rings. The summed E-state index contributed by atoms with van der Waals surface area (Å²) in [6, 6.07) is 4.68. The van der Waals surface area contributed by atoms with Crippen LogP contribution in [-0.2, 0) is 18.0 Å². The van der Waals surface area contributed by atoms with E-state index in [4.69, 9.17) is 23.0 Å². The predicted octanol–water partition coefficient (Wildman–Crippen LogP) is 2.84. The summed E-state index contributed by atoms with van der Waals surface area (Å²) < 4.78 is 26.8. The zero-order chi connectivity index (χ0) is 19.9. The summed E-state index contributed by atoms with van der Waals surface area (Å²) in [5.74, 6) is 0.839. The summed E-state index contributed by atoms with van der Waals surface area (Å²) in [4.78, 5) is 11.9. The lowest BCUT2D eigenvalue weighted by Crippen LogP contribution is -2.04. The number of rotatable bonds is 9. The van der Waals surface area contributed by atoms with Gasteiger partial charge in [-0.1, -0.05) is 23.5 Å². The molecule has 1 aromatic carbocycles. The summed E-state index contributed by atoms with van der Waals surface area (Å²) in [5.41, 5.74) is 0.265. The Hall–Kier alpha value is -2.73. The zero-order valence-electron chi connectivity index (χ0n) is 15.2. The Bertz CT molecular complexity index is 880. The minimum absolute atomic E-state index is 0.0400.